The van der Waals surface area contributed by atoms with Crippen LogP contribution >= 0.6 is 7.82 Å². The molecule has 8 N–H and O–H groups in total. The number of esters is 2. The van der Waals surface area contributed by atoms with Crippen LogP contribution in [0.15, 0.2) is 22.2 Å². The Morgan fingerprint density at radius 3 is 2.28 bits per heavy atom. The molecule has 5 heterocycles. The Labute approximate surface area is 255 Å². The number of phosphoric acid groups is 1. The third-order valence-electron chi connectivity index (χ3n) is 6.78. The zero-order valence-corrected chi connectivity index (χ0v) is 24.7. The lowest BCUT2D eigenvalue weighted by molar-refractivity contribution is -0.156. The van der Waals surface area contributed by atoms with Crippen LogP contribution in [0, 0.1) is 0 Å². The van der Waals surface area contributed by atoms with Gasteiger partial charge in [-0.25, -0.2) is 19.3 Å². The fourth-order valence-electron chi connectivity index (χ4n) is 4.93. The molecule has 0 aliphatic carbocycles. The first-order valence-electron chi connectivity index (χ1n) is 13.2. The van der Waals surface area contributed by atoms with Crippen molar-refractivity contribution in [2.24, 2.45) is 0 Å². The number of nitrogens with zero attached hydrogens (tertiary/aromatic N) is 6. The maximum Gasteiger partial charge on any atom is 0.472 e. The number of H-pyrrole nitrogens is 1. The van der Waals surface area contributed by atoms with Crippen LogP contribution in [-0.4, -0.2) is 111 Å². The number of ether oxygens (including phenoxy) is 4. The number of hydrogen-bond donors (Lipinski definition) is 6. The van der Waals surface area contributed by atoms with Crippen LogP contribution in [0.4, 0.5) is 11.9 Å². The van der Waals surface area contributed by atoms with Gasteiger partial charge in [-0.1, -0.05) is 0 Å². The molecular weight excluding hydrogens is 645 g/mol. The number of nitrogens with two attached hydrogens (primary N) is 2. The summed E-state index contributed by atoms with van der Waals surface area (Å²) in [5, 5.41) is 20.9. The maximum absolute atomic E-state index is 13.1. The fourth-order valence-corrected chi connectivity index (χ4v) is 5.89. The van der Waals surface area contributed by atoms with E-state index in [1.54, 1.807) is 0 Å². The minimum absolute atomic E-state index is 0.0821. The highest BCUT2D eigenvalue weighted by molar-refractivity contribution is 7.47. The molecule has 9 atom stereocenters. The summed E-state index contributed by atoms with van der Waals surface area (Å²) in [6, 6.07) is 0. The van der Waals surface area contributed by atoms with Gasteiger partial charge in [0.25, 0.3) is 5.56 Å². The van der Waals surface area contributed by atoms with Crippen LogP contribution < -0.4 is 22.7 Å². The van der Waals surface area contributed by atoms with E-state index in [9.17, 15) is 38.8 Å². The zero-order valence-electron chi connectivity index (χ0n) is 23.8. The first-order chi connectivity index (χ1) is 21.7. The summed E-state index contributed by atoms with van der Waals surface area (Å²) in [5.74, 6) is -2.36. The highest BCUT2D eigenvalue weighted by atomic mass is 31.2. The fraction of sp³-hybridized carbons (Fsp3) is 0.545. The van der Waals surface area contributed by atoms with Gasteiger partial charge in [0, 0.05) is 13.8 Å². The van der Waals surface area contributed by atoms with E-state index in [1.165, 1.54) is 4.57 Å². The summed E-state index contributed by atoms with van der Waals surface area (Å²) in [5.41, 5.74) is 9.17. The first kappa shape index (κ1) is 33.0. The Morgan fingerprint density at radius 1 is 1.00 bits per heavy atom. The first-order valence-corrected chi connectivity index (χ1v) is 14.7. The van der Waals surface area contributed by atoms with Crippen molar-refractivity contribution >= 4 is 42.8 Å². The largest absolute Gasteiger partial charge is 0.472 e. The van der Waals surface area contributed by atoms with Gasteiger partial charge < -0.3 is 45.5 Å². The lowest BCUT2D eigenvalue weighted by Gasteiger charge is -2.26. The molecule has 0 saturated carbocycles. The molecule has 0 spiro atoms. The quantitative estimate of drug-likeness (QED) is 0.0895. The summed E-state index contributed by atoms with van der Waals surface area (Å²) in [4.78, 5) is 76.4. The van der Waals surface area contributed by atoms with E-state index in [0.29, 0.717) is 0 Å². The number of carbonyl (C=O) groups is 2. The summed E-state index contributed by atoms with van der Waals surface area (Å²) in [6.07, 6.45) is -10.1. The number of aliphatic hydroxyl groups is 2. The molecule has 0 bridgehead atoms. The number of aliphatic hydroxyl groups excluding tert-OH is 2. The molecule has 3 unspecified atom stereocenters. The summed E-state index contributed by atoms with van der Waals surface area (Å²) in [7, 11) is -5.18. The van der Waals surface area contributed by atoms with Crippen molar-refractivity contribution in [2.45, 2.75) is 62.9 Å². The van der Waals surface area contributed by atoms with Crippen molar-refractivity contribution in [1.82, 2.24) is 34.1 Å². The van der Waals surface area contributed by atoms with E-state index in [2.05, 4.69) is 24.9 Å². The van der Waals surface area contributed by atoms with Gasteiger partial charge in [0.2, 0.25) is 11.9 Å². The summed E-state index contributed by atoms with van der Waals surface area (Å²) >= 11 is 0. The predicted molar refractivity (Wildman–Crippen MR) is 146 cm³/mol. The number of nitrogen functional groups attached to an aromatic ring is 2. The number of carbonyl (C=O) groups excluding carboxylic acids is 2. The molecule has 0 radical (unpaired) electrons. The van der Waals surface area contributed by atoms with E-state index in [0.717, 1.165) is 31.1 Å². The van der Waals surface area contributed by atoms with Crippen LogP contribution in [0.3, 0.4) is 0 Å². The number of nitrogens with one attached hydrogen (secondary N) is 1. The van der Waals surface area contributed by atoms with Gasteiger partial charge >= 0.3 is 25.5 Å². The lowest BCUT2D eigenvalue weighted by Crippen LogP contribution is -2.40. The Bertz CT molecular complexity index is 1800. The molecule has 46 heavy (non-hydrogen) atoms. The van der Waals surface area contributed by atoms with E-state index < -0.39 is 93.3 Å². The standard InChI is InChI=1S/C22H28N9O14P/c1-7(33)41-14-12(35)10(44-18(14)30-5-25-11-16(30)27-21(24)28-17(11)36)4-40-46(38,39)45-13-9(3-32)43-19(15(13)42-8(2)34)31-6-26-20(23)29-22(31)37/h5-6,9-10,12-15,18-19,32,35H,3-4H2,1-2H3,(H,38,39)(H2,23,29,37)(H3,24,27,28,36)/t9-,10-,12?,13?,14+,15+,18-,19-/m1/s1. The molecule has 2 aliphatic rings. The molecule has 5 rings (SSSR count). The number of anilines is 2. The minimum Gasteiger partial charge on any atom is -0.455 e. The molecule has 3 aromatic rings. The number of hydrogen-bond acceptors (Lipinski definition) is 19. The highest BCUT2D eigenvalue weighted by Crippen LogP contribution is 2.49. The molecule has 3 aromatic heterocycles. The third kappa shape index (κ3) is 6.61. The highest BCUT2D eigenvalue weighted by Gasteiger charge is 2.53. The van der Waals surface area contributed by atoms with Crippen LogP contribution in [0.5, 0.6) is 0 Å². The van der Waals surface area contributed by atoms with E-state index in [1.807, 2.05) is 0 Å². The molecule has 2 aliphatic heterocycles. The maximum atomic E-state index is 13.1. The Kier molecular flexibility index (Phi) is 9.19. The van der Waals surface area contributed by atoms with Crippen molar-refractivity contribution in [3.63, 3.8) is 0 Å². The number of aromatic amines is 1. The van der Waals surface area contributed by atoms with E-state index in [-0.39, 0.29) is 23.1 Å². The SMILES string of the molecule is CC(=O)O[C@H]1C(OP(=O)(O)OC[C@H]2O[C@@H](n3cnc4c(=O)[nH]c(N)nc43)[C@@H](OC(C)=O)C2O)[C@@H](CO)O[C@H]1n1cnc(N)nc1=O. The molecule has 2 fully saturated rings. The van der Waals surface area contributed by atoms with Crippen LogP contribution in [0.2, 0.25) is 0 Å². The van der Waals surface area contributed by atoms with Crippen molar-refractivity contribution in [2.75, 3.05) is 24.7 Å². The Hall–Kier alpha value is -4.35. The molecule has 24 heteroatoms. The van der Waals surface area contributed by atoms with Gasteiger partial charge in [-0.2, -0.15) is 9.97 Å². The van der Waals surface area contributed by atoms with Crippen LogP contribution in [0.1, 0.15) is 26.3 Å². The van der Waals surface area contributed by atoms with Crippen LogP contribution in [-0.2, 0) is 42.1 Å². The molecular formula is C22H28N9O14P. The second-order valence-electron chi connectivity index (χ2n) is 9.97. The second kappa shape index (κ2) is 12.8. The molecule has 23 nitrogen and oxygen atoms in total. The predicted octanol–water partition coefficient (Wildman–Crippen LogP) is -3.55. The van der Waals surface area contributed by atoms with Crippen molar-refractivity contribution in [1.29, 1.82) is 0 Å². The second-order valence-corrected chi connectivity index (χ2v) is 11.4. The molecule has 0 amide bonds. The molecule has 0 aromatic carbocycles. The third-order valence-corrected chi connectivity index (χ3v) is 7.77. The number of phosphoric ester groups is 1. The number of aromatic nitrogens is 7. The van der Waals surface area contributed by atoms with Gasteiger partial charge in [0.15, 0.2) is 35.8 Å². The normalized spacial score (nSPS) is 29.1. The van der Waals surface area contributed by atoms with Gasteiger partial charge in [-0.3, -0.25) is 37.5 Å². The molecule has 2 saturated heterocycles. The van der Waals surface area contributed by atoms with Crippen molar-refractivity contribution in [3.8, 4) is 0 Å². The number of fused-ring (bicyclic) bond motifs is 1. The van der Waals surface area contributed by atoms with E-state index >= 15 is 0 Å². The van der Waals surface area contributed by atoms with Crippen molar-refractivity contribution in [3.05, 3.63) is 33.5 Å². The van der Waals surface area contributed by atoms with Crippen LogP contribution in [0.25, 0.3) is 11.2 Å². The summed E-state index contributed by atoms with van der Waals surface area (Å²) < 4.78 is 47.2. The Morgan fingerprint density at radius 2 is 1.63 bits per heavy atom. The average Bonchev–Trinajstić information content (AvgIpc) is 3.61. The molecule has 250 valence electrons. The van der Waals surface area contributed by atoms with E-state index in [4.69, 9.17) is 39.5 Å². The number of rotatable bonds is 10. The van der Waals surface area contributed by atoms with Crippen molar-refractivity contribution < 1.29 is 57.3 Å². The van der Waals surface area contributed by atoms with Gasteiger partial charge in [-0.05, 0) is 0 Å². The van der Waals surface area contributed by atoms with Gasteiger partial charge in [0.1, 0.15) is 30.7 Å². The summed E-state index contributed by atoms with van der Waals surface area (Å²) in [6.45, 7) is 0.390. The number of imidazole rings is 1. The smallest absolute Gasteiger partial charge is 0.455 e. The van der Waals surface area contributed by atoms with Gasteiger partial charge in [0.05, 0.1) is 19.5 Å². The Balaban J connectivity index is 1.35. The lowest BCUT2D eigenvalue weighted by atomic mass is 10.1. The topological polar surface area (TPSA) is 331 Å². The monoisotopic (exact) mass is 673 g/mol. The minimum atomic E-state index is -5.18. The van der Waals surface area contributed by atoms with Gasteiger partial charge in [-0.15, -0.1) is 0 Å². The average molecular weight is 673 g/mol. The zero-order chi connectivity index (χ0) is 33.5.